The molecule has 110 valence electrons. The first kappa shape index (κ1) is 14.9. The van der Waals surface area contributed by atoms with Crippen LogP contribution in [0.25, 0.3) is 0 Å². The zero-order chi connectivity index (χ0) is 14.8. The highest BCUT2D eigenvalue weighted by Crippen LogP contribution is 2.41. The fourth-order valence-electron chi connectivity index (χ4n) is 2.55. The Hall–Kier alpha value is -1.02. The molecule has 1 aliphatic heterocycles. The van der Waals surface area contributed by atoms with Gasteiger partial charge in [-0.2, -0.15) is 0 Å². The lowest BCUT2D eigenvalue weighted by molar-refractivity contribution is 0.224. The van der Waals surface area contributed by atoms with E-state index in [1.54, 1.807) is 17.5 Å². The summed E-state index contributed by atoms with van der Waals surface area (Å²) in [5.74, 6) is 0. The van der Waals surface area contributed by atoms with Gasteiger partial charge in [0.2, 0.25) is 0 Å². The predicted octanol–water partition coefficient (Wildman–Crippen LogP) is 2.87. The number of nitrogens with zero attached hydrogens (tertiary/aromatic N) is 2. The van der Waals surface area contributed by atoms with Crippen LogP contribution in [0.1, 0.15) is 22.7 Å². The number of thiocarbonyl (C=S) groups is 1. The van der Waals surface area contributed by atoms with Crippen LogP contribution in [0.5, 0.6) is 0 Å². The van der Waals surface area contributed by atoms with E-state index < -0.39 is 0 Å². The number of nitrogens with one attached hydrogen (secondary N) is 1. The highest BCUT2D eigenvalue weighted by molar-refractivity contribution is 9.10. The molecule has 0 saturated carbocycles. The Bertz CT molecular complexity index is 634. The zero-order valence-corrected chi connectivity index (χ0v) is 14.3. The molecule has 3 rings (SSSR count). The van der Waals surface area contributed by atoms with E-state index in [9.17, 15) is 5.11 Å². The third-order valence-electron chi connectivity index (χ3n) is 3.42. The van der Waals surface area contributed by atoms with E-state index in [4.69, 9.17) is 12.2 Å². The van der Waals surface area contributed by atoms with Crippen LogP contribution < -0.4 is 5.32 Å². The van der Waals surface area contributed by atoms with Crippen molar-refractivity contribution in [3.05, 3.63) is 50.9 Å². The van der Waals surface area contributed by atoms with Gasteiger partial charge < -0.3 is 15.3 Å². The molecule has 2 atom stereocenters. The van der Waals surface area contributed by atoms with Crippen LogP contribution in [0.2, 0.25) is 0 Å². The minimum absolute atomic E-state index is 0.00389. The van der Waals surface area contributed by atoms with Crippen molar-refractivity contribution in [2.24, 2.45) is 0 Å². The largest absolute Gasteiger partial charge is 0.395 e. The molecular formula is C14H14BrN3OS2. The number of thiophene rings is 1. The van der Waals surface area contributed by atoms with E-state index in [0.29, 0.717) is 11.7 Å². The number of pyridine rings is 1. The second kappa shape index (κ2) is 6.39. The molecule has 2 aromatic rings. The van der Waals surface area contributed by atoms with Crippen molar-refractivity contribution in [3.8, 4) is 0 Å². The molecule has 1 fully saturated rings. The van der Waals surface area contributed by atoms with Crippen molar-refractivity contribution in [2.75, 3.05) is 13.2 Å². The topological polar surface area (TPSA) is 48.4 Å². The van der Waals surface area contributed by atoms with Gasteiger partial charge in [-0.3, -0.25) is 4.98 Å². The molecule has 2 N–H and O–H groups in total. The molecule has 3 heterocycles. The normalized spacial score (nSPS) is 21.6. The van der Waals surface area contributed by atoms with Crippen LogP contribution in [-0.2, 0) is 0 Å². The van der Waals surface area contributed by atoms with Gasteiger partial charge in [0.15, 0.2) is 5.11 Å². The number of aromatic nitrogens is 1. The minimum atomic E-state index is -0.00389. The Morgan fingerprint density at radius 2 is 2.33 bits per heavy atom. The van der Waals surface area contributed by atoms with Gasteiger partial charge in [-0.15, -0.1) is 11.3 Å². The van der Waals surface area contributed by atoms with Gasteiger partial charge in [-0.05, 0) is 46.3 Å². The van der Waals surface area contributed by atoms with Crippen molar-refractivity contribution >= 4 is 44.6 Å². The van der Waals surface area contributed by atoms with E-state index in [1.165, 1.54) is 4.88 Å². The first-order valence-corrected chi connectivity index (χ1v) is 8.61. The Kier molecular flexibility index (Phi) is 4.54. The molecule has 0 spiro atoms. The third kappa shape index (κ3) is 2.96. The summed E-state index contributed by atoms with van der Waals surface area (Å²) >= 11 is 10.6. The number of β-amino-alcohol motifs (C(OH)–C–C–N with tert-alkyl or cyclic N) is 1. The Labute approximate surface area is 140 Å². The molecular weight excluding hydrogens is 370 g/mol. The van der Waals surface area contributed by atoms with Gasteiger partial charge in [0.1, 0.15) is 0 Å². The standard InChI is InChI=1S/C14H14BrN3OS2/c15-9-7-11(21-8-9)13-12(10-3-1-2-4-16-10)17-14(20)18(13)5-6-19/h1-4,7-8,12-13,19H,5-6H2,(H,17,20)/t12-,13+/m0/s1. The van der Waals surface area contributed by atoms with Crippen LogP contribution in [0, 0.1) is 0 Å². The summed E-state index contributed by atoms with van der Waals surface area (Å²) in [5, 5.41) is 15.4. The number of aliphatic hydroxyl groups excluding tert-OH is 1. The van der Waals surface area contributed by atoms with Gasteiger partial charge in [-0.25, -0.2) is 0 Å². The summed E-state index contributed by atoms with van der Waals surface area (Å²) < 4.78 is 1.06. The van der Waals surface area contributed by atoms with Gasteiger partial charge in [-0.1, -0.05) is 6.07 Å². The van der Waals surface area contributed by atoms with E-state index in [-0.39, 0.29) is 18.7 Å². The van der Waals surface area contributed by atoms with E-state index in [1.807, 2.05) is 23.1 Å². The Morgan fingerprint density at radius 3 is 2.95 bits per heavy atom. The van der Waals surface area contributed by atoms with Crippen LogP contribution in [0.4, 0.5) is 0 Å². The highest BCUT2D eigenvalue weighted by Gasteiger charge is 2.40. The van der Waals surface area contributed by atoms with Crippen molar-refractivity contribution in [1.29, 1.82) is 0 Å². The lowest BCUT2D eigenvalue weighted by atomic mass is 10.0. The summed E-state index contributed by atoms with van der Waals surface area (Å²) in [6.07, 6.45) is 1.79. The Balaban J connectivity index is 2.00. The Morgan fingerprint density at radius 1 is 1.48 bits per heavy atom. The lowest BCUT2D eigenvalue weighted by Crippen LogP contribution is -2.31. The summed E-state index contributed by atoms with van der Waals surface area (Å²) in [4.78, 5) is 7.68. The van der Waals surface area contributed by atoms with Crippen molar-refractivity contribution in [1.82, 2.24) is 15.2 Å². The zero-order valence-electron chi connectivity index (χ0n) is 11.1. The van der Waals surface area contributed by atoms with Crippen LogP contribution in [0.15, 0.2) is 40.3 Å². The van der Waals surface area contributed by atoms with Gasteiger partial charge in [0, 0.05) is 27.5 Å². The van der Waals surface area contributed by atoms with Crippen LogP contribution in [0.3, 0.4) is 0 Å². The minimum Gasteiger partial charge on any atom is -0.395 e. The maximum Gasteiger partial charge on any atom is 0.170 e. The van der Waals surface area contributed by atoms with Gasteiger partial charge in [0.25, 0.3) is 0 Å². The molecule has 1 saturated heterocycles. The van der Waals surface area contributed by atoms with Crippen molar-refractivity contribution in [2.45, 2.75) is 12.1 Å². The second-order valence-corrected chi connectivity index (χ2v) is 6.96. The number of rotatable bonds is 4. The predicted molar refractivity (Wildman–Crippen MR) is 91.3 cm³/mol. The summed E-state index contributed by atoms with van der Waals surface area (Å²) in [5.41, 5.74) is 0.954. The quantitative estimate of drug-likeness (QED) is 0.794. The molecule has 0 aliphatic carbocycles. The molecule has 1 aliphatic rings. The molecule has 2 aromatic heterocycles. The molecule has 0 bridgehead atoms. The fraction of sp³-hybridized carbons (Fsp3) is 0.286. The SMILES string of the molecule is OCCN1C(=S)N[C@@H](c2ccccn2)[C@H]1c1cc(Br)cs1. The monoisotopic (exact) mass is 383 g/mol. The number of aliphatic hydroxyl groups is 1. The van der Waals surface area contributed by atoms with E-state index >= 15 is 0 Å². The highest BCUT2D eigenvalue weighted by atomic mass is 79.9. The maximum absolute atomic E-state index is 9.32. The van der Waals surface area contributed by atoms with Crippen molar-refractivity contribution in [3.63, 3.8) is 0 Å². The molecule has 21 heavy (non-hydrogen) atoms. The molecule has 0 amide bonds. The third-order valence-corrected chi connectivity index (χ3v) is 5.53. The first-order chi connectivity index (χ1) is 10.2. The van der Waals surface area contributed by atoms with E-state index in [2.05, 4.69) is 37.7 Å². The first-order valence-electron chi connectivity index (χ1n) is 6.53. The maximum atomic E-state index is 9.32. The van der Waals surface area contributed by atoms with Crippen LogP contribution in [-0.4, -0.2) is 33.3 Å². The average molecular weight is 384 g/mol. The van der Waals surface area contributed by atoms with Gasteiger partial charge in [0.05, 0.1) is 24.4 Å². The summed E-state index contributed by atoms with van der Waals surface area (Å²) in [7, 11) is 0. The second-order valence-electron chi connectivity index (χ2n) is 4.71. The summed E-state index contributed by atoms with van der Waals surface area (Å²) in [6.45, 7) is 0.579. The smallest absolute Gasteiger partial charge is 0.170 e. The molecule has 7 heteroatoms. The lowest BCUT2D eigenvalue weighted by Gasteiger charge is -2.25. The molecule has 0 radical (unpaired) electrons. The van der Waals surface area contributed by atoms with Gasteiger partial charge >= 0.3 is 0 Å². The number of hydrogen-bond acceptors (Lipinski definition) is 4. The number of hydrogen-bond donors (Lipinski definition) is 2. The number of halogens is 1. The van der Waals surface area contributed by atoms with E-state index in [0.717, 1.165) is 10.2 Å². The fourth-order valence-corrected chi connectivity index (χ4v) is 4.47. The molecule has 0 aromatic carbocycles. The average Bonchev–Trinajstić information content (AvgIpc) is 3.05. The molecule has 0 unspecified atom stereocenters. The summed E-state index contributed by atoms with van der Waals surface area (Å²) in [6, 6.07) is 8.03. The van der Waals surface area contributed by atoms with Crippen LogP contribution >= 0.6 is 39.5 Å². The molecule has 4 nitrogen and oxygen atoms in total. The van der Waals surface area contributed by atoms with Crippen molar-refractivity contribution < 1.29 is 5.11 Å².